The van der Waals surface area contributed by atoms with Gasteiger partial charge >= 0.3 is 25.5 Å². The Balaban J connectivity index is 5.72. The Kier molecular flexibility index (Phi) is 7.02. The minimum Gasteiger partial charge on any atom is -0.480 e. The SMILES string of the molecule is CCCCCCC(C(C(=O)O)(C(=O)O)C(=O)O)P(=O)(O)O. The summed E-state index contributed by atoms with van der Waals surface area (Å²) in [5.74, 6) is -6.90. The number of aliphatic carboxylic acids is 3. The van der Waals surface area contributed by atoms with Crippen LogP contribution in [0.4, 0.5) is 0 Å². The zero-order valence-electron chi connectivity index (χ0n) is 11.4. The van der Waals surface area contributed by atoms with Crippen LogP contribution in [0.1, 0.15) is 39.0 Å². The molecule has 0 saturated heterocycles. The van der Waals surface area contributed by atoms with Crippen LogP contribution in [0.5, 0.6) is 0 Å². The van der Waals surface area contributed by atoms with Crippen LogP contribution in [0.25, 0.3) is 0 Å². The van der Waals surface area contributed by atoms with Gasteiger partial charge in [0.2, 0.25) is 0 Å². The molecule has 122 valence electrons. The van der Waals surface area contributed by atoms with Crippen LogP contribution >= 0.6 is 7.60 Å². The highest BCUT2D eigenvalue weighted by atomic mass is 31.2. The molecule has 1 unspecified atom stereocenters. The van der Waals surface area contributed by atoms with Gasteiger partial charge in [-0.15, -0.1) is 0 Å². The summed E-state index contributed by atoms with van der Waals surface area (Å²) in [7, 11) is -5.25. The van der Waals surface area contributed by atoms with E-state index in [1.54, 1.807) is 0 Å². The van der Waals surface area contributed by atoms with Gasteiger partial charge in [-0.1, -0.05) is 32.6 Å². The highest BCUT2D eigenvalue weighted by Gasteiger charge is 2.65. The van der Waals surface area contributed by atoms with Gasteiger partial charge in [-0.2, -0.15) is 0 Å². The fourth-order valence-corrected chi connectivity index (χ4v) is 3.46. The molecule has 21 heavy (non-hydrogen) atoms. The Labute approximate surface area is 120 Å². The van der Waals surface area contributed by atoms with E-state index >= 15 is 0 Å². The molecular weight excluding hydrogens is 307 g/mol. The second-order valence-electron chi connectivity index (χ2n) is 4.68. The fourth-order valence-electron chi connectivity index (χ4n) is 2.10. The maximum Gasteiger partial charge on any atom is 0.333 e. The van der Waals surface area contributed by atoms with E-state index in [0.29, 0.717) is 12.8 Å². The lowest BCUT2D eigenvalue weighted by atomic mass is 9.81. The number of carboxylic acids is 3. The van der Waals surface area contributed by atoms with E-state index in [2.05, 4.69) is 0 Å². The van der Waals surface area contributed by atoms with E-state index in [-0.39, 0.29) is 6.42 Å². The van der Waals surface area contributed by atoms with Gasteiger partial charge in [-0.3, -0.25) is 18.9 Å². The van der Waals surface area contributed by atoms with Crippen molar-refractivity contribution in [2.45, 2.75) is 44.7 Å². The summed E-state index contributed by atoms with van der Waals surface area (Å²) in [4.78, 5) is 52.0. The van der Waals surface area contributed by atoms with Crippen molar-refractivity contribution in [3.63, 3.8) is 0 Å². The van der Waals surface area contributed by atoms with Crippen molar-refractivity contribution in [3.8, 4) is 0 Å². The molecule has 0 aliphatic heterocycles. The largest absolute Gasteiger partial charge is 0.480 e. The standard InChI is InChI=1S/C11H19O9P/c1-2-3-4-5-6-7(21(18,19)20)11(8(12)13,9(14)15)10(16)17/h7H,2-6H2,1H3,(H,12,13)(H,14,15)(H,16,17)(H2,18,19,20). The van der Waals surface area contributed by atoms with Crippen molar-refractivity contribution in [2.75, 3.05) is 0 Å². The highest BCUT2D eigenvalue weighted by Crippen LogP contribution is 2.52. The van der Waals surface area contributed by atoms with Gasteiger partial charge in [0.25, 0.3) is 5.41 Å². The third-order valence-electron chi connectivity index (χ3n) is 3.25. The zero-order chi connectivity index (χ0) is 16.8. The van der Waals surface area contributed by atoms with E-state index in [0.717, 1.165) is 6.42 Å². The molecule has 0 amide bonds. The molecule has 0 aromatic carbocycles. The third kappa shape index (κ3) is 4.26. The summed E-state index contributed by atoms with van der Waals surface area (Å²) in [6.07, 6.45) is 1.60. The molecule has 1 atom stereocenters. The smallest absolute Gasteiger partial charge is 0.333 e. The van der Waals surface area contributed by atoms with Crippen LogP contribution in [0.15, 0.2) is 0 Å². The molecule has 0 heterocycles. The Morgan fingerprint density at radius 2 is 1.38 bits per heavy atom. The van der Waals surface area contributed by atoms with Crippen molar-refractivity contribution >= 4 is 25.5 Å². The van der Waals surface area contributed by atoms with E-state index in [1.165, 1.54) is 0 Å². The van der Waals surface area contributed by atoms with Crippen molar-refractivity contribution in [2.24, 2.45) is 5.41 Å². The van der Waals surface area contributed by atoms with Crippen molar-refractivity contribution < 1.29 is 44.1 Å². The fraction of sp³-hybridized carbons (Fsp3) is 0.727. The molecule has 0 saturated carbocycles. The topological polar surface area (TPSA) is 169 Å². The number of rotatable bonds is 10. The predicted molar refractivity (Wildman–Crippen MR) is 69.9 cm³/mol. The quantitative estimate of drug-likeness (QED) is 0.221. The lowest BCUT2D eigenvalue weighted by molar-refractivity contribution is -0.176. The first-order valence-electron chi connectivity index (χ1n) is 6.28. The first-order valence-corrected chi connectivity index (χ1v) is 7.96. The normalized spacial score (nSPS) is 13.7. The summed E-state index contributed by atoms with van der Waals surface area (Å²) >= 11 is 0. The van der Waals surface area contributed by atoms with Gasteiger partial charge in [0, 0.05) is 0 Å². The summed E-state index contributed by atoms with van der Waals surface area (Å²) < 4.78 is 11.5. The molecule has 10 heteroatoms. The summed E-state index contributed by atoms with van der Waals surface area (Å²) in [5, 5.41) is 27.0. The summed E-state index contributed by atoms with van der Waals surface area (Å²) in [6, 6.07) is 0. The maximum absolute atomic E-state index is 11.5. The Bertz CT molecular complexity index is 417. The Hall–Kier alpha value is -1.44. The van der Waals surface area contributed by atoms with Gasteiger partial charge < -0.3 is 25.1 Å². The Morgan fingerprint density at radius 1 is 0.952 bits per heavy atom. The molecular formula is C11H19O9P. The number of carboxylic acid groups (broad SMARTS) is 3. The van der Waals surface area contributed by atoms with E-state index in [1.807, 2.05) is 6.92 Å². The molecule has 9 nitrogen and oxygen atoms in total. The third-order valence-corrected chi connectivity index (χ3v) is 4.71. The molecule has 0 aromatic rings. The molecule has 0 radical (unpaired) electrons. The minimum atomic E-state index is -5.25. The summed E-state index contributed by atoms with van der Waals surface area (Å²) in [6.45, 7) is 1.87. The van der Waals surface area contributed by atoms with Gasteiger partial charge in [0.05, 0.1) is 5.66 Å². The second kappa shape index (κ2) is 7.53. The Morgan fingerprint density at radius 3 is 1.67 bits per heavy atom. The second-order valence-corrected chi connectivity index (χ2v) is 6.48. The van der Waals surface area contributed by atoms with Gasteiger partial charge in [-0.05, 0) is 6.42 Å². The monoisotopic (exact) mass is 326 g/mol. The van der Waals surface area contributed by atoms with Crippen LogP contribution in [0.2, 0.25) is 0 Å². The lowest BCUT2D eigenvalue weighted by Crippen LogP contribution is -2.54. The molecule has 0 aliphatic rings. The van der Waals surface area contributed by atoms with Crippen molar-refractivity contribution in [3.05, 3.63) is 0 Å². The van der Waals surface area contributed by atoms with Crippen LogP contribution in [-0.2, 0) is 18.9 Å². The van der Waals surface area contributed by atoms with Crippen LogP contribution in [0.3, 0.4) is 0 Å². The molecule has 0 rings (SSSR count). The highest BCUT2D eigenvalue weighted by molar-refractivity contribution is 7.52. The first kappa shape index (κ1) is 19.6. The van der Waals surface area contributed by atoms with Crippen molar-refractivity contribution in [1.29, 1.82) is 0 Å². The van der Waals surface area contributed by atoms with Gasteiger partial charge in [0.1, 0.15) is 0 Å². The maximum atomic E-state index is 11.5. The van der Waals surface area contributed by atoms with E-state index in [4.69, 9.17) is 15.3 Å². The van der Waals surface area contributed by atoms with Crippen LogP contribution in [-0.4, -0.2) is 48.7 Å². The number of hydrogen-bond acceptors (Lipinski definition) is 4. The number of hydrogen-bond donors (Lipinski definition) is 5. The average molecular weight is 326 g/mol. The average Bonchev–Trinajstić information content (AvgIpc) is 2.30. The van der Waals surface area contributed by atoms with E-state index in [9.17, 15) is 28.7 Å². The molecule has 0 aliphatic carbocycles. The zero-order valence-corrected chi connectivity index (χ0v) is 12.3. The predicted octanol–water partition coefficient (Wildman–Crippen LogP) is 0.743. The molecule has 0 spiro atoms. The lowest BCUT2D eigenvalue weighted by Gasteiger charge is -2.30. The number of unbranched alkanes of at least 4 members (excludes halogenated alkanes) is 3. The van der Waals surface area contributed by atoms with Gasteiger partial charge in [0.15, 0.2) is 0 Å². The first-order chi connectivity index (χ1) is 9.52. The van der Waals surface area contributed by atoms with Crippen LogP contribution in [0, 0.1) is 5.41 Å². The molecule has 5 N–H and O–H groups in total. The van der Waals surface area contributed by atoms with Crippen LogP contribution < -0.4 is 0 Å². The molecule has 0 aromatic heterocycles. The summed E-state index contributed by atoms with van der Waals surface area (Å²) in [5.41, 5.74) is -5.89. The number of carbonyl (C=O) groups is 3. The molecule has 0 fully saturated rings. The van der Waals surface area contributed by atoms with Crippen molar-refractivity contribution in [1.82, 2.24) is 0 Å². The van der Waals surface area contributed by atoms with E-state index < -0.39 is 43.0 Å². The molecule has 0 bridgehead atoms. The van der Waals surface area contributed by atoms with Gasteiger partial charge in [-0.25, -0.2) is 0 Å². The minimum absolute atomic E-state index is 0.124.